The molecule has 2 saturated heterocycles. The number of rotatable bonds is 7. The highest BCUT2D eigenvalue weighted by atomic mass is 16.5. The van der Waals surface area contributed by atoms with Gasteiger partial charge in [0.1, 0.15) is 0 Å². The molecule has 0 radical (unpaired) electrons. The Morgan fingerprint density at radius 3 is 2.62 bits per heavy atom. The first-order chi connectivity index (χ1) is 13.9. The Hall–Kier alpha value is -2.08. The first-order valence-electron chi connectivity index (χ1n) is 11.0. The second kappa shape index (κ2) is 10.1. The Labute approximate surface area is 174 Å². The first kappa shape index (κ1) is 21.6. The Bertz CT molecular complexity index is 705. The van der Waals surface area contributed by atoms with Gasteiger partial charge in [0, 0.05) is 44.0 Å². The van der Waals surface area contributed by atoms with E-state index >= 15 is 0 Å². The molecule has 1 aromatic carbocycles. The van der Waals surface area contributed by atoms with Gasteiger partial charge in [-0.05, 0) is 55.7 Å². The number of nitrogens with one attached hydrogen (secondary N) is 2. The van der Waals surface area contributed by atoms with Gasteiger partial charge in [0.05, 0.1) is 11.7 Å². The highest BCUT2D eigenvalue weighted by Gasteiger charge is 2.23. The van der Waals surface area contributed by atoms with Gasteiger partial charge in [-0.15, -0.1) is 0 Å². The van der Waals surface area contributed by atoms with Crippen molar-refractivity contribution in [3.63, 3.8) is 0 Å². The Morgan fingerprint density at radius 1 is 1.21 bits per heavy atom. The van der Waals surface area contributed by atoms with Crippen LogP contribution in [0.15, 0.2) is 18.2 Å². The fourth-order valence-corrected chi connectivity index (χ4v) is 4.01. The van der Waals surface area contributed by atoms with E-state index in [0.717, 1.165) is 57.0 Å². The average Bonchev–Trinajstić information content (AvgIpc) is 3.20. The zero-order chi connectivity index (χ0) is 20.8. The van der Waals surface area contributed by atoms with Crippen LogP contribution in [0, 0.1) is 11.8 Å². The van der Waals surface area contributed by atoms with Crippen molar-refractivity contribution in [1.29, 1.82) is 0 Å². The molecule has 2 amide bonds. The highest BCUT2D eigenvalue weighted by Crippen LogP contribution is 2.29. The molecule has 1 atom stereocenters. The van der Waals surface area contributed by atoms with Crippen molar-refractivity contribution < 1.29 is 14.3 Å². The van der Waals surface area contributed by atoms with Gasteiger partial charge in [-0.2, -0.15) is 0 Å². The van der Waals surface area contributed by atoms with Gasteiger partial charge < -0.3 is 20.3 Å². The molecule has 0 saturated carbocycles. The SMILES string of the molecule is CC(C)CC(=O)Nc1ccc(N2CCC(C)CC2)c(C(=O)NCC2CCCO2)c1. The third-order valence-electron chi connectivity index (χ3n) is 5.76. The molecule has 1 aromatic rings. The maximum Gasteiger partial charge on any atom is 0.253 e. The molecule has 160 valence electrons. The van der Waals surface area contributed by atoms with Gasteiger partial charge in [-0.25, -0.2) is 0 Å². The lowest BCUT2D eigenvalue weighted by Gasteiger charge is -2.33. The number of carbonyl (C=O) groups excluding carboxylic acids is 2. The van der Waals surface area contributed by atoms with Crippen LogP contribution >= 0.6 is 0 Å². The topological polar surface area (TPSA) is 70.7 Å². The lowest BCUT2D eigenvalue weighted by Crippen LogP contribution is -2.36. The summed E-state index contributed by atoms with van der Waals surface area (Å²) in [5.74, 6) is 0.885. The number of hydrogen-bond donors (Lipinski definition) is 2. The Morgan fingerprint density at radius 2 is 1.97 bits per heavy atom. The predicted molar refractivity (Wildman–Crippen MR) is 116 cm³/mol. The molecule has 2 N–H and O–H groups in total. The maximum absolute atomic E-state index is 13.0. The summed E-state index contributed by atoms with van der Waals surface area (Å²) in [4.78, 5) is 27.5. The van der Waals surface area contributed by atoms with E-state index in [2.05, 4.69) is 22.5 Å². The predicted octanol–water partition coefficient (Wildman–Crippen LogP) is 3.82. The molecule has 1 unspecified atom stereocenters. The van der Waals surface area contributed by atoms with Gasteiger partial charge in [0.2, 0.25) is 5.91 Å². The number of carbonyl (C=O) groups is 2. The van der Waals surface area contributed by atoms with Crippen LogP contribution in [-0.2, 0) is 9.53 Å². The van der Waals surface area contributed by atoms with E-state index in [1.54, 1.807) is 0 Å². The van der Waals surface area contributed by atoms with Crippen molar-refractivity contribution in [2.75, 3.05) is 36.5 Å². The second-order valence-corrected chi connectivity index (χ2v) is 8.89. The first-order valence-corrected chi connectivity index (χ1v) is 11.0. The van der Waals surface area contributed by atoms with Crippen molar-refractivity contribution in [3.8, 4) is 0 Å². The third kappa shape index (κ3) is 6.20. The molecule has 3 rings (SSSR count). The lowest BCUT2D eigenvalue weighted by atomic mass is 9.97. The number of hydrogen-bond acceptors (Lipinski definition) is 4. The largest absolute Gasteiger partial charge is 0.376 e. The lowest BCUT2D eigenvalue weighted by molar-refractivity contribution is -0.116. The monoisotopic (exact) mass is 401 g/mol. The van der Waals surface area contributed by atoms with Gasteiger partial charge >= 0.3 is 0 Å². The smallest absolute Gasteiger partial charge is 0.253 e. The van der Waals surface area contributed by atoms with Crippen molar-refractivity contribution in [1.82, 2.24) is 5.32 Å². The summed E-state index contributed by atoms with van der Waals surface area (Å²) in [6, 6.07) is 5.70. The number of anilines is 2. The summed E-state index contributed by atoms with van der Waals surface area (Å²) < 4.78 is 5.63. The van der Waals surface area contributed by atoms with Crippen molar-refractivity contribution in [2.45, 2.75) is 59.0 Å². The minimum absolute atomic E-state index is 0.0229. The fourth-order valence-electron chi connectivity index (χ4n) is 4.01. The molecule has 2 aliphatic rings. The minimum atomic E-state index is -0.103. The normalized spacial score (nSPS) is 20.1. The number of ether oxygens (including phenoxy) is 1. The van der Waals surface area contributed by atoms with Gasteiger partial charge in [0.15, 0.2) is 0 Å². The van der Waals surface area contributed by atoms with Crippen molar-refractivity contribution in [3.05, 3.63) is 23.8 Å². The summed E-state index contributed by atoms with van der Waals surface area (Å²) in [6.07, 6.45) is 4.87. The Balaban J connectivity index is 1.76. The highest BCUT2D eigenvalue weighted by molar-refractivity contribution is 6.02. The summed E-state index contributed by atoms with van der Waals surface area (Å²) in [5, 5.41) is 5.98. The van der Waals surface area contributed by atoms with Crippen LogP contribution in [0.2, 0.25) is 0 Å². The quantitative estimate of drug-likeness (QED) is 0.729. The number of piperidine rings is 1. The molecule has 0 spiro atoms. The summed E-state index contributed by atoms with van der Waals surface area (Å²) in [5.41, 5.74) is 2.25. The van der Waals surface area contributed by atoms with Crippen LogP contribution in [0.25, 0.3) is 0 Å². The third-order valence-corrected chi connectivity index (χ3v) is 5.76. The second-order valence-electron chi connectivity index (χ2n) is 8.89. The fraction of sp³-hybridized carbons (Fsp3) is 0.652. The number of amides is 2. The summed E-state index contributed by atoms with van der Waals surface area (Å²) in [6.45, 7) is 9.51. The molecule has 0 bridgehead atoms. The van der Waals surface area contributed by atoms with E-state index in [4.69, 9.17) is 4.74 Å². The van der Waals surface area contributed by atoms with Crippen LogP contribution in [0.1, 0.15) is 63.2 Å². The van der Waals surface area contributed by atoms with E-state index < -0.39 is 0 Å². The van der Waals surface area contributed by atoms with Crippen molar-refractivity contribution in [2.24, 2.45) is 11.8 Å². The van der Waals surface area contributed by atoms with E-state index in [-0.39, 0.29) is 17.9 Å². The molecule has 29 heavy (non-hydrogen) atoms. The number of nitrogens with zero attached hydrogens (tertiary/aromatic N) is 1. The van der Waals surface area contributed by atoms with Gasteiger partial charge in [-0.1, -0.05) is 20.8 Å². The maximum atomic E-state index is 13.0. The van der Waals surface area contributed by atoms with Crippen LogP contribution in [0.3, 0.4) is 0 Å². The molecule has 0 aliphatic carbocycles. The summed E-state index contributed by atoms with van der Waals surface area (Å²) in [7, 11) is 0. The molecule has 6 nitrogen and oxygen atoms in total. The standard InChI is InChI=1S/C23H35N3O3/c1-16(2)13-22(27)25-18-6-7-21(26-10-8-17(3)9-11-26)20(14-18)23(28)24-15-19-5-4-12-29-19/h6-7,14,16-17,19H,4-5,8-13,15H2,1-3H3,(H,24,28)(H,25,27). The Kier molecular flexibility index (Phi) is 7.53. The molecule has 2 aliphatic heterocycles. The van der Waals surface area contributed by atoms with Gasteiger partial charge in [-0.3, -0.25) is 9.59 Å². The van der Waals surface area contributed by atoms with E-state index in [1.165, 1.54) is 0 Å². The molecule has 2 heterocycles. The average molecular weight is 402 g/mol. The van der Waals surface area contributed by atoms with E-state index in [0.29, 0.717) is 30.1 Å². The molecule has 6 heteroatoms. The molecule has 2 fully saturated rings. The van der Waals surface area contributed by atoms with Crippen LogP contribution < -0.4 is 15.5 Å². The van der Waals surface area contributed by atoms with E-state index in [1.807, 2.05) is 32.0 Å². The molecule has 0 aromatic heterocycles. The van der Waals surface area contributed by atoms with Crippen molar-refractivity contribution >= 4 is 23.2 Å². The zero-order valence-electron chi connectivity index (χ0n) is 18.0. The van der Waals surface area contributed by atoms with Gasteiger partial charge in [0.25, 0.3) is 5.91 Å². The summed E-state index contributed by atoms with van der Waals surface area (Å²) >= 11 is 0. The van der Waals surface area contributed by atoms with E-state index in [9.17, 15) is 9.59 Å². The van der Waals surface area contributed by atoms with Crippen LogP contribution in [0.5, 0.6) is 0 Å². The van der Waals surface area contributed by atoms with Crippen LogP contribution in [-0.4, -0.2) is 44.2 Å². The molecular formula is C23H35N3O3. The minimum Gasteiger partial charge on any atom is -0.376 e. The van der Waals surface area contributed by atoms with Crippen LogP contribution in [0.4, 0.5) is 11.4 Å². The molecular weight excluding hydrogens is 366 g/mol. The number of benzene rings is 1. The zero-order valence-corrected chi connectivity index (χ0v) is 18.0.